The first kappa shape index (κ1) is 15.0. The van der Waals surface area contributed by atoms with Gasteiger partial charge in [0.2, 0.25) is 11.8 Å². The Balaban J connectivity index is 1.74. The molecule has 21 heavy (non-hydrogen) atoms. The molecule has 1 aliphatic carbocycles. The van der Waals surface area contributed by atoms with Crippen molar-refractivity contribution in [2.75, 3.05) is 6.54 Å². The van der Waals surface area contributed by atoms with E-state index in [1.165, 1.54) is 32.1 Å². The van der Waals surface area contributed by atoms with Gasteiger partial charge in [-0.25, -0.2) is 0 Å². The number of hydrogen-bond acceptors (Lipinski definition) is 3. The van der Waals surface area contributed by atoms with Crippen LogP contribution in [0.4, 0.5) is 0 Å². The molecule has 1 spiro atoms. The molecule has 0 radical (unpaired) electrons. The minimum absolute atomic E-state index is 0.0501. The van der Waals surface area contributed by atoms with Crippen LogP contribution in [0.3, 0.4) is 0 Å². The molecule has 0 aromatic rings. The summed E-state index contributed by atoms with van der Waals surface area (Å²) in [6.07, 6.45) is 9.17. The molecular formula is C17H28N2O2. The standard InChI is InChI=1S/C17H28N2O2/c1-16(2)11-14(20)19(15(21)12-16)13-6-9-18-17(10-13)7-4-3-5-8-17/h13,18H,3-12H2,1-2H3. The number of nitrogens with one attached hydrogen (secondary N) is 1. The lowest BCUT2D eigenvalue weighted by Gasteiger charge is -2.48. The molecule has 4 heteroatoms. The van der Waals surface area contributed by atoms with E-state index in [9.17, 15) is 9.59 Å². The summed E-state index contributed by atoms with van der Waals surface area (Å²) in [6, 6.07) is 0.125. The van der Waals surface area contributed by atoms with Crippen molar-refractivity contribution in [1.82, 2.24) is 10.2 Å². The van der Waals surface area contributed by atoms with Crippen molar-refractivity contribution in [1.29, 1.82) is 0 Å². The summed E-state index contributed by atoms with van der Waals surface area (Å²) in [6.45, 7) is 4.97. The van der Waals surface area contributed by atoms with Crippen molar-refractivity contribution < 1.29 is 9.59 Å². The first-order valence-corrected chi connectivity index (χ1v) is 8.51. The van der Waals surface area contributed by atoms with Gasteiger partial charge in [0.1, 0.15) is 0 Å². The van der Waals surface area contributed by atoms with Crippen LogP contribution in [-0.2, 0) is 9.59 Å². The molecule has 1 unspecified atom stereocenters. The van der Waals surface area contributed by atoms with Crippen molar-refractivity contribution in [2.24, 2.45) is 5.41 Å². The zero-order valence-corrected chi connectivity index (χ0v) is 13.4. The highest BCUT2D eigenvalue weighted by Gasteiger charge is 2.45. The van der Waals surface area contributed by atoms with Crippen LogP contribution in [0.1, 0.15) is 71.6 Å². The van der Waals surface area contributed by atoms with Crippen molar-refractivity contribution in [3.8, 4) is 0 Å². The molecule has 1 atom stereocenters. The van der Waals surface area contributed by atoms with Crippen LogP contribution in [0, 0.1) is 5.41 Å². The van der Waals surface area contributed by atoms with E-state index in [1.54, 1.807) is 4.90 Å². The molecule has 0 bridgehead atoms. The molecule has 2 heterocycles. The van der Waals surface area contributed by atoms with Gasteiger partial charge in [-0.15, -0.1) is 0 Å². The van der Waals surface area contributed by atoms with Gasteiger partial charge >= 0.3 is 0 Å². The maximum atomic E-state index is 12.5. The summed E-state index contributed by atoms with van der Waals surface area (Å²) < 4.78 is 0. The van der Waals surface area contributed by atoms with Gasteiger partial charge in [-0.3, -0.25) is 14.5 Å². The van der Waals surface area contributed by atoms with E-state index in [0.717, 1.165) is 19.4 Å². The smallest absolute Gasteiger partial charge is 0.229 e. The molecule has 2 amide bonds. The topological polar surface area (TPSA) is 49.4 Å². The predicted octanol–water partition coefficient (Wildman–Crippen LogP) is 2.62. The molecule has 2 aliphatic heterocycles. The highest BCUT2D eigenvalue weighted by molar-refractivity contribution is 5.98. The average Bonchev–Trinajstić information content (AvgIpc) is 2.37. The highest BCUT2D eigenvalue weighted by atomic mass is 16.2. The minimum Gasteiger partial charge on any atom is -0.311 e. The lowest BCUT2D eigenvalue weighted by Crippen LogP contribution is -2.60. The molecule has 3 aliphatic rings. The quantitative estimate of drug-likeness (QED) is 0.756. The Kier molecular flexibility index (Phi) is 3.85. The van der Waals surface area contributed by atoms with Crippen LogP contribution in [0.25, 0.3) is 0 Å². The lowest BCUT2D eigenvalue weighted by molar-refractivity contribution is -0.156. The molecule has 3 fully saturated rings. The second-order valence-corrected chi connectivity index (χ2v) is 8.09. The Labute approximate surface area is 127 Å². The van der Waals surface area contributed by atoms with E-state index in [4.69, 9.17) is 0 Å². The maximum absolute atomic E-state index is 12.5. The van der Waals surface area contributed by atoms with Gasteiger partial charge < -0.3 is 5.32 Å². The Morgan fingerprint density at radius 2 is 1.67 bits per heavy atom. The van der Waals surface area contributed by atoms with Crippen LogP contribution < -0.4 is 5.32 Å². The Morgan fingerprint density at radius 1 is 1.05 bits per heavy atom. The third kappa shape index (κ3) is 3.01. The van der Waals surface area contributed by atoms with E-state index < -0.39 is 0 Å². The zero-order valence-electron chi connectivity index (χ0n) is 13.4. The van der Waals surface area contributed by atoms with E-state index in [0.29, 0.717) is 12.8 Å². The van der Waals surface area contributed by atoms with Gasteiger partial charge in [-0.1, -0.05) is 33.1 Å². The van der Waals surface area contributed by atoms with Gasteiger partial charge in [0, 0.05) is 24.4 Å². The van der Waals surface area contributed by atoms with Crippen LogP contribution in [0.2, 0.25) is 0 Å². The number of amides is 2. The number of likely N-dealkylation sites (tertiary alicyclic amines) is 1. The number of hydrogen-bond donors (Lipinski definition) is 1. The summed E-state index contributed by atoms with van der Waals surface area (Å²) >= 11 is 0. The molecule has 1 N–H and O–H groups in total. The van der Waals surface area contributed by atoms with Gasteiger partial charge in [0.05, 0.1) is 0 Å². The third-order valence-corrected chi connectivity index (χ3v) is 5.58. The van der Waals surface area contributed by atoms with Crippen molar-refractivity contribution >= 4 is 11.8 Å². The van der Waals surface area contributed by atoms with E-state index in [2.05, 4.69) is 5.32 Å². The predicted molar refractivity (Wildman–Crippen MR) is 81.7 cm³/mol. The van der Waals surface area contributed by atoms with Crippen LogP contribution in [-0.4, -0.2) is 34.8 Å². The number of carbonyl (C=O) groups excluding carboxylic acids is 2. The molecule has 2 saturated heterocycles. The highest BCUT2D eigenvalue weighted by Crippen LogP contribution is 2.39. The van der Waals surface area contributed by atoms with Crippen LogP contribution in [0.15, 0.2) is 0 Å². The van der Waals surface area contributed by atoms with Crippen LogP contribution in [0.5, 0.6) is 0 Å². The molecule has 0 aromatic carbocycles. The number of imide groups is 1. The number of nitrogens with zero attached hydrogens (tertiary/aromatic N) is 1. The number of piperidine rings is 2. The SMILES string of the molecule is CC1(C)CC(=O)N(C2CCNC3(CCCCC3)C2)C(=O)C1. The fourth-order valence-corrected chi connectivity index (χ4v) is 4.56. The molecule has 0 aromatic heterocycles. The van der Waals surface area contributed by atoms with Crippen molar-refractivity contribution in [2.45, 2.75) is 83.2 Å². The van der Waals surface area contributed by atoms with E-state index >= 15 is 0 Å². The van der Waals surface area contributed by atoms with Gasteiger partial charge in [-0.2, -0.15) is 0 Å². The summed E-state index contributed by atoms with van der Waals surface area (Å²) in [7, 11) is 0. The largest absolute Gasteiger partial charge is 0.311 e. The van der Waals surface area contributed by atoms with Crippen molar-refractivity contribution in [3.05, 3.63) is 0 Å². The molecule has 4 nitrogen and oxygen atoms in total. The Morgan fingerprint density at radius 3 is 2.29 bits per heavy atom. The second kappa shape index (κ2) is 5.38. The molecular weight excluding hydrogens is 264 g/mol. The molecule has 118 valence electrons. The first-order valence-electron chi connectivity index (χ1n) is 8.51. The fourth-order valence-electron chi connectivity index (χ4n) is 4.56. The zero-order chi connectivity index (χ0) is 15.1. The third-order valence-electron chi connectivity index (χ3n) is 5.58. The summed E-state index contributed by atoms with van der Waals surface area (Å²) in [5.74, 6) is 0.100. The van der Waals surface area contributed by atoms with Gasteiger partial charge in [0.15, 0.2) is 0 Å². The van der Waals surface area contributed by atoms with Gasteiger partial charge in [0.25, 0.3) is 0 Å². The summed E-state index contributed by atoms with van der Waals surface area (Å²) in [5, 5.41) is 3.70. The monoisotopic (exact) mass is 292 g/mol. The summed E-state index contributed by atoms with van der Waals surface area (Å²) in [4.78, 5) is 26.6. The Hall–Kier alpha value is -0.900. The van der Waals surface area contributed by atoms with Gasteiger partial charge in [-0.05, 0) is 37.6 Å². The lowest BCUT2D eigenvalue weighted by atomic mass is 9.73. The second-order valence-electron chi connectivity index (χ2n) is 8.09. The van der Waals surface area contributed by atoms with Crippen LogP contribution >= 0.6 is 0 Å². The normalized spacial score (nSPS) is 32.5. The summed E-state index contributed by atoms with van der Waals surface area (Å²) in [5.41, 5.74) is 0.0226. The molecule has 1 saturated carbocycles. The van der Waals surface area contributed by atoms with Crippen molar-refractivity contribution in [3.63, 3.8) is 0 Å². The van der Waals surface area contributed by atoms with E-state index in [1.807, 2.05) is 13.8 Å². The number of rotatable bonds is 1. The first-order chi connectivity index (χ1) is 9.91. The Bertz CT molecular complexity index is 413. The minimum atomic E-state index is -0.167. The average molecular weight is 292 g/mol. The van der Waals surface area contributed by atoms with E-state index in [-0.39, 0.29) is 28.8 Å². The maximum Gasteiger partial charge on any atom is 0.229 e. The molecule has 3 rings (SSSR count). The number of carbonyl (C=O) groups is 2. The fraction of sp³-hybridized carbons (Fsp3) is 0.882.